The molecule has 0 atom stereocenters. The van der Waals surface area contributed by atoms with Crippen LogP contribution in [0.1, 0.15) is 24.8 Å². The second-order valence-corrected chi connectivity index (χ2v) is 5.65. The summed E-state index contributed by atoms with van der Waals surface area (Å²) in [6.07, 6.45) is 2.70. The molecular weight excluding hydrogens is 273 g/mol. The van der Waals surface area contributed by atoms with E-state index >= 15 is 0 Å². The number of hydrogen-bond acceptors (Lipinski definition) is 3. The molecule has 0 N–H and O–H groups in total. The quantitative estimate of drug-likeness (QED) is 0.838. The van der Waals surface area contributed by atoms with Gasteiger partial charge >= 0.3 is 0 Å². The van der Waals surface area contributed by atoms with E-state index in [9.17, 15) is 9.18 Å². The molecule has 1 aromatic carbocycles. The maximum atomic E-state index is 12.9. The third-order valence-electron chi connectivity index (χ3n) is 4.17. The van der Waals surface area contributed by atoms with Gasteiger partial charge in [-0.25, -0.2) is 4.39 Å². The second kappa shape index (κ2) is 6.12. The van der Waals surface area contributed by atoms with Crippen LogP contribution < -0.4 is 0 Å². The van der Waals surface area contributed by atoms with Crippen LogP contribution in [0.25, 0.3) is 0 Å². The highest BCUT2D eigenvalue weighted by Gasteiger charge is 2.39. The molecule has 5 heteroatoms. The minimum Gasteiger partial charge on any atom is -0.350 e. The molecule has 2 aliphatic heterocycles. The summed E-state index contributed by atoms with van der Waals surface area (Å²) in [5, 5.41) is 0. The maximum absolute atomic E-state index is 12.9. The van der Waals surface area contributed by atoms with Crippen molar-refractivity contribution >= 4 is 5.91 Å². The van der Waals surface area contributed by atoms with E-state index in [0.29, 0.717) is 19.5 Å². The first kappa shape index (κ1) is 14.5. The summed E-state index contributed by atoms with van der Waals surface area (Å²) < 4.78 is 24.4. The van der Waals surface area contributed by atoms with Crippen LogP contribution in [0.15, 0.2) is 24.3 Å². The lowest BCUT2D eigenvalue weighted by Gasteiger charge is -2.43. The van der Waals surface area contributed by atoms with Crippen molar-refractivity contribution in [2.24, 2.45) is 0 Å². The van der Waals surface area contributed by atoms with Crippen LogP contribution in [-0.2, 0) is 20.7 Å². The van der Waals surface area contributed by atoms with Gasteiger partial charge in [0.05, 0.1) is 19.6 Å². The Balaban J connectivity index is 1.54. The van der Waals surface area contributed by atoms with Crippen LogP contribution in [-0.4, -0.2) is 42.9 Å². The van der Waals surface area contributed by atoms with Gasteiger partial charge in [0.25, 0.3) is 0 Å². The standard InChI is InChI=1S/C16H20FNO3/c17-14-4-2-13(3-5-14)12-15(19)18-8-6-16(7-9-18)20-10-1-11-21-16/h2-5H,1,6-12H2. The SMILES string of the molecule is O=C(Cc1ccc(F)cc1)N1CCC2(CC1)OCCCO2. The molecule has 2 heterocycles. The Morgan fingerprint density at radius 1 is 1.14 bits per heavy atom. The number of benzene rings is 1. The number of amides is 1. The van der Waals surface area contributed by atoms with E-state index in [-0.39, 0.29) is 11.7 Å². The van der Waals surface area contributed by atoms with E-state index < -0.39 is 5.79 Å². The molecule has 0 aliphatic carbocycles. The second-order valence-electron chi connectivity index (χ2n) is 5.65. The van der Waals surface area contributed by atoms with Crippen LogP contribution in [0, 0.1) is 5.82 Å². The van der Waals surface area contributed by atoms with E-state index in [1.54, 1.807) is 12.1 Å². The zero-order chi connectivity index (χ0) is 14.7. The fourth-order valence-corrected chi connectivity index (χ4v) is 2.89. The van der Waals surface area contributed by atoms with Crippen LogP contribution in [0.5, 0.6) is 0 Å². The molecule has 3 rings (SSSR count). The van der Waals surface area contributed by atoms with E-state index in [1.165, 1.54) is 12.1 Å². The summed E-state index contributed by atoms with van der Waals surface area (Å²) in [5.41, 5.74) is 0.840. The van der Waals surface area contributed by atoms with Crippen molar-refractivity contribution in [3.63, 3.8) is 0 Å². The first-order valence-corrected chi connectivity index (χ1v) is 7.47. The van der Waals surface area contributed by atoms with E-state index in [0.717, 1.165) is 38.0 Å². The lowest BCUT2D eigenvalue weighted by atomic mass is 10.0. The molecule has 1 aromatic rings. The Bertz CT molecular complexity index is 487. The number of hydrogen-bond donors (Lipinski definition) is 0. The van der Waals surface area contributed by atoms with Crippen LogP contribution in [0.2, 0.25) is 0 Å². The van der Waals surface area contributed by atoms with Gasteiger partial charge in [0.1, 0.15) is 5.82 Å². The molecule has 2 aliphatic rings. The average Bonchev–Trinajstić information content (AvgIpc) is 2.51. The molecule has 2 fully saturated rings. The first-order valence-electron chi connectivity index (χ1n) is 7.47. The fourth-order valence-electron chi connectivity index (χ4n) is 2.89. The minimum absolute atomic E-state index is 0.0762. The van der Waals surface area contributed by atoms with Crippen molar-refractivity contribution in [3.8, 4) is 0 Å². The maximum Gasteiger partial charge on any atom is 0.226 e. The Kier molecular flexibility index (Phi) is 4.22. The highest BCUT2D eigenvalue weighted by atomic mass is 19.1. The molecule has 0 saturated carbocycles. The number of halogens is 1. The summed E-state index contributed by atoms with van der Waals surface area (Å²) in [4.78, 5) is 14.1. The van der Waals surface area contributed by atoms with Crippen molar-refractivity contribution in [2.45, 2.75) is 31.5 Å². The molecule has 1 spiro atoms. The van der Waals surface area contributed by atoms with Gasteiger partial charge in [-0.3, -0.25) is 4.79 Å². The third kappa shape index (κ3) is 3.41. The summed E-state index contributed by atoms with van der Waals surface area (Å²) >= 11 is 0. The minimum atomic E-state index is -0.467. The van der Waals surface area contributed by atoms with E-state index in [4.69, 9.17) is 9.47 Å². The first-order chi connectivity index (χ1) is 10.2. The molecule has 4 nitrogen and oxygen atoms in total. The number of carbonyl (C=O) groups is 1. The summed E-state index contributed by atoms with van der Waals surface area (Å²) in [6.45, 7) is 2.78. The predicted molar refractivity (Wildman–Crippen MR) is 75.2 cm³/mol. The Morgan fingerprint density at radius 2 is 1.76 bits per heavy atom. The highest BCUT2D eigenvalue weighted by molar-refractivity contribution is 5.78. The van der Waals surface area contributed by atoms with Gasteiger partial charge in [0.15, 0.2) is 5.79 Å². The molecule has 0 radical (unpaired) electrons. The third-order valence-corrected chi connectivity index (χ3v) is 4.17. The number of ether oxygens (including phenoxy) is 2. The van der Waals surface area contributed by atoms with Crippen LogP contribution in [0.4, 0.5) is 4.39 Å². The monoisotopic (exact) mass is 293 g/mol. The lowest BCUT2D eigenvalue weighted by molar-refractivity contribution is -0.282. The number of likely N-dealkylation sites (tertiary alicyclic amines) is 1. The van der Waals surface area contributed by atoms with Gasteiger partial charge in [-0.1, -0.05) is 12.1 Å². The molecule has 2 saturated heterocycles. The molecule has 0 aromatic heterocycles. The molecule has 21 heavy (non-hydrogen) atoms. The highest BCUT2D eigenvalue weighted by Crippen LogP contribution is 2.30. The molecule has 0 unspecified atom stereocenters. The topological polar surface area (TPSA) is 38.8 Å². The van der Waals surface area contributed by atoms with Crippen LogP contribution >= 0.6 is 0 Å². The summed E-state index contributed by atoms with van der Waals surface area (Å²) in [6, 6.07) is 6.09. The molecule has 114 valence electrons. The number of carbonyl (C=O) groups excluding carboxylic acids is 1. The predicted octanol–water partition coefficient (Wildman–Crippen LogP) is 2.12. The normalized spacial score (nSPS) is 21.5. The van der Waals surface area contributed by atoms with Crippen molar-refractivity contribution in [1.29, 1.82) is 0 Å². The lowest BCUT2D eigenvalue weighted by Crippen LogP contribution is -2.51. The smallest absolute Gasteiger partial charge is 0.226 e. The van der Waals surface area contributed by atoms with Gasteiger partial charge in [-0.15, -0.1) is 0 Å². The Hall–Kier alpha value is -1.46. The van der Waals surface area contributed by atoms with Gasteiger partial charge in [0, 0.05) is 25.9 Å². The van der Waals surface area contributed by atoms with E-state index in [2.05, 4.69) is 0 Å². The number of nitrogens with zero attached hydrogens (tertiary/aromatic N) is 1. The molecular formula is C16H20FNO3. The Labute approximate surface area is 123 Å². The summed E-state index contributed by atoms with van der Waals surface area (Å²) in [7, 11) is 0. The largest absolute Gasteiger partial charge is 0.350 e. The zero-order valence-electron chi connectivity index (χ0n) is 12.0. The summed E-state index contributed by atoms with van der Waals surface area (Å²) in [5.74, 6) is -0.671. The zero-order valence-corrected chi connectivity index (χ0v) is 12.0. The number of rotatable bonds is 2. The van der Waals surface area contributed by atoms with Crippen molar-refractivity contribution in [1.82, 2.24) is 4.90 Å². The Morgan fingerprint density at radius 3 is 2.38 bits per heavy atom. The van der Waals surface area contributed by atoms with Crippen molar-refractivity contribution in [2.75, 3.05) is 26.3 Å². The van der Waals surface area contributed by atoms with Gasteiger partial charge in [0.2, 0.25) is 5.91 Å². The molecule has 1 amide bonds. The number of piperidine rings is 1. The van der Waals surface area contributed by atoms with Gasteiger partial charge in [-0.05, 0) is 24.1 Å². The fraction of sp³-hybridized carbons (Fsp3) is 0.562. The average molecular weight is 293 g/mol. The van der Waals surface area contributed by atoms with Gasteiger partial charge < -0.3 is 14.4 Å². The van der Waals surface area contributed by atoms with Crippen LogP contribution in [0.3, 0.4) is 0 Å². The van der Waals surface area contributed by atoms with Gasteiger partial charge in [-0.2, -0.15) is 0 Å². The van der Waals surface area contributed by atoms with E-state index in [1.807, 2.05) is 4.90 Å². The van der Waals surface area contributed by atoms with Crippen molar-refractivity contribution < 1.29 is 18.7 Å². The molecule has 0 bridgehead atoms. The van der Waals surface area contributed by atoms with Crippen molar-refractivity contribution in [3.05, 3.63) is 35.6 Å².